The fraction of sp³-hybridized carbons (Fsp3) is 0.667. The van der Waals surface area contributed by atoms with Crippen molar-refractivity contribution in [3.63, 3.8) is 0 Å². The van der Waals surface area contributed by atoms with Crippen molar-refractivity contribution in [1.82, 2.24) is 4.90 Å². The van der Waals surface area contributed by atoms with E-state index in [1.54, 1.807) is 11.3 Å². The van der Waals surface area contributed by atoms with E-state index >= 15 is 0 Å². The molecule has 2 heterocycles. The van der Waals surface area contributed by atoms with E-state index in [9.17, 15) is 4.79 Å². The van der Waals surface area contributed by atoms with Gasteiger partial charge in [-0.2, -0.15) is 11.3 Å². The van der Waals surface area contributed by atoms with Crippen LogP contribution in [0.5, 0.6) is 0 Å². The third kappa shape index (κ3) is 5.56. The number of aliphatic hydroxyl groups excluding tert-OH is 1. The lowest BCUT2D eigenvalue weighted by molar-refractivity contribution is -0.153. The first-order valence-electron chi connectivity index (χ1n) is 10.1. The van der Waals surface area contributed by atoms with Crippen molar-refractivity contribution in [3.8, 4) is 0 Å². The molecule has 0 spiro atoms. The van der Waals surface area contributed by atoms with Gasteiger partial charge in [-0.15, -0.1) is 0 Å². The summed E-state index contributed by atoms with van der Waals surface area (Å²) >= 11 is 1.66. The number of allylic oxidation sites excluding steroid dienone is 1. The van der Waals surface area contributed by atoms with Crippen molar-refractivity contribution in [1.29, 1.82) is 0 Å². The van der Waals surface area contributed by atoms with Crippen LogP contribution in [0.4, 0.5) is 0 Å². The van der Waals surface area contributed by atoms with Crippen LogP contribution in [0.15, 0.2) is 28.7 Å². The molecule has 2 aliphatic rings. The van der Waals surface area contributed by atoms with Gasteiger partial charge < -0.3 is 19.5 Å². The molecule has 1 aliphatic carbocycles. The van der Waals surface area contributed by atoms with Gasteiger partial charge in [0.2, 0.25) is 6.29 Å². The zero-order valence-corrected chi connectivity index (χ0v) is 17.0. The molecule has 3 rings (SSSR count). The highest BCUT2D eigenvalue weighted by Crippen LogP contribution is 2.34. The highest BCUT2D eigenvalue weighted by Gasteiger charge is 2.32. The first-order valence-corrected chi connectivity index (χ1v) is 11.0. The van der Waals surface area contributed by atoms with Gasteiger partial charge in [0.1, 0.15) is 0 Å². The van der Waals surface area contributed by atoms with E-state index in [0.717, 1.165) is 19.3 Å². The summed E-state index contributed by atoms with van der Waals surface area (Å²) < 4.78 is 11.8. The van der Waals surface area contributed by atoms with E-state index in [-0.39, 0.29) is 18.4 Å². The molecule has 1 aliphatic heterocycles. The molecule has 5 nitrogen and oxygen atoms in total. The average molecular weight is 394 g/mol. The Hall–Kier alpha value is -1.37. The van der Waals surface area contributed by atoms with Gasteiger partial charge in [-0.3, -0.25) is 4.79 Å². The molecule has 150 valence electrons. The van der Waals surface area contributed by atoms with Crippen molar-refractivity contribution >= 4 is 17.2 Å². The second-order valence-corrected chi connectivity index (χ2v) is 8.27. The average Bonchev–Trinajstić information content (AvgIpc) is 3.25. The van der Waals surface area contributed by atoms with E-state index in [1.165, 1.54) is 24.8 Å². The van der Waals surface area contributed by atoms with Crippen LogP contribution in [0.25, 0.3) is 0 Å². The molecule has 1 N–H and O–H groups in total. The van der Waals surface area contributed by atoms with Gasteiger partial charge >= 0.3 is 0 Å². The van der Waals surface area contributed by atoms with E-state index in [4.69, 9.17) is 14.6 Å². The van der Waals surface area contributed by atoms with Gasteiger partial charge in [0, 0.05) is 32.0 Å². The lowest BCUT2D eigenvalue weighted by Crippen LogP contribution is -2.41. The third-order valence-electron chi connectivity index (χ3n) is 5.54. The fourth-order valence-electron chi connectivity index (χ4n) is 3.87. The maximum atomic E-state index is 13.1. The minimum Gasteiger partial charge on any atom is -0.459 e. The molecule has 27 heavy (non-hydrogen) atoms. The number of unbranched alkanes of at least 4 members (excludes halogenated alkanes) is 1. The van der Waals surface area contributed by atoms with Crippen LogP contribution in [-0.4, -0.2) is 48.5 Å². The molecule has 0 bridgehead atoms. The summed E-state index contributed by atoms with van der Waals surface area (Å²) in [5, 5.41) is 13.1. The molecular formula is C21H31NO4S. The number of nitrogens with zero attached hydrogens (tertiary/aromatic N) is 1. The Bertz CT molecular complexity index is 610. The predicted octanol–water partition coefficient (Wildman–Crippen LogP) is 4.04. The standard InChI is InChI=1S/C21H31NO4S/c1-22(18-7-3-2-4-8-18)21(24)19-13-17(16-9-12-27-15-16)14-20(26-19)25-11-6-5-10-23/h9,12-13,15,17-18,20,23H,2-8,10-11,14H2,1H3/t17-,20+/m1/s1. The zero-order valence-electron chi connectivity index (χ0n) is 16.1. The van der Waals surface area contributed by atoms with Gasteiger partial charge in [0.15, 0.2) is 5.76 Å². The fourth-order valence-corrected chi connectivity index (χ4v) is 4.59. The second-order valence-electron chi connectivity index (χ2n) is 7.49. The van der Waals surface area contributed by atoms with Crippen LogP contribution in [0, 0.1) is 0 Å². The van der Waals surface area contributed by atoms with E-state index in [2.05, 4.69) is 16.8 Å². The van der Waals surface area contributed by atoms with Crippen LogP contribution >= 0.6 is 11.3 Å². The van der Waals surface area contributed by atoms with Crippen LogP contribution in [0.1, 0.15) is 62.8 Å². The molecule has 1 amide bonds. The Balaban J connectivity index is 1.69. The van der Waals surface area contributed by atoms with Crippen molar-refractivity contribution < 1.29 is 19.4 Å². The largest absolute Gasteiger partial charge is 0.459 e. The maximum Gasteiger partial charge on any atom is 0.288 e. The zero-order chi connectivity index (χ0) is 19.1. The van der Waals surface area contributed by atoms with Gasteiger partial charge in [0.25, 0.3) is 5.91 Å². The second kappa shape index (κ2) is 10.2. The Morgan fingerprint density at radius 2 is 2.15 bits per heavy atom. The lowest BCUT2D eigenvalue weighted by atomic mass is 9.93. The molecule has 0 unspecified atom stereocenters. The Labute approximate surface area is 166 Å². The molecule has 0 saturated heterocycles. The molecule has 1 saturated carbocycles. The molecule has 0 aromatic carbocycles. The monoisotopic (exact) mass is 393 g/mol. The maximum absolute atomic E-state index is 13.1. The summed E-state index contributed by atoms with van der Waals surface area (Å²) in [5.41, 5.74) is 1.21. The van der Waals surface area contributed by atoms with Gasteiger partial charge in [-0.1, -0.05) is 19.3 Å². The van der Waals surface area contributed by atoms with Crippen LogP contribution in [0.2, 0.25) is 0 Å². The summed E-state index contributed by atoms with van der Waals surface area (Å²) in [6, 6.07) is 2.41. The summed E-state index contributed by atoms with van der Waals surface area (Å²) in [7, 11) is 1.90. The van der Waals surface area contributed by atoms with Gasteiger partial charge in [0.05, 0.1) is 6.61 Å². The van der Waals surface area contributed by atoms with E-state index in [1.807, 2.05) is 18.0 Å². The summed E-state index contributed by atoms with van der Waals surface area (Å²) in [6.07, 6.45) is 9.55. The van der Waals surface area contributed by atoms with Crippen molar-refractivity contribution in [2.75, 3.05) is 20.3 Å². The predicted molar refractivity (Wildman–Crippen MR) is 107 cm³/mol. The number of aliphatic hydroxyl groups is 1. The number of likely N-dealkylation sites (N-methyl/N-ethyl adjacent to an activating group) is 1. The number of hydrogen-bond donors (Lipinski definition) is 1. The highest BCUT2D eigenvalue weighted by atomic mass is 32.1. The summed E-state index contributed by atoms with van der Waals surface area (Å²) in [5.74, 6) is 0.509. The van der Waals surface area contributed by atoms with Gasteiger partial charge in [-0.25, -0.2) is 0 Å². The van der Waals surface area contributed by atoms with Crippen LogP contribution < -0.4 is 0 Å². The number of carbonyl (C=O) groups excluding carboxylic acids is 1. The number of rotatable bonds is 8. The Morgan fingerprint density at radius 3 is 2.85 bits per heavy atom. The van der Waals surface area contributed by atoms with Crippen molar-refractivity contribution in [3.05, 3.63) is 34.2 Å². The SMILES string of the molecule is CN(C(=O)C1=C[C@@H](c2ccsc2)C[C@@H](OCCCCO)O1)C1CCCCC1. The van der Waals surface area contributed by atoms with E-state index in [0.29, 0.717) is 31.2 Å². The molecular weight excluding hydrogens is 362 g/mol. The van der Waals surface area contributed by atoms with Crippen molar-refractivity contribution in [2.45, 2.75) is 69.6 Å². The molecule has 1 aromatic heterocycles. The number of hydrogen-bond acceptors (Lipinski definition) is 5. The quantitative estimate of drug-likeness (QED) is 0.677. The Morgan fingerprint density at radius 1 is 1.33 bits per heavy atom. The lowest BCUT2D eigenvalue weighted by Gasteiger charge is -2.34. The molecule has 0 radical (unpaired) electrons. The molecule has 6 heteroatoms. The normalized spacial score (nSPS) is 23.6. The summed E-state index contributed by atoms with van der Waals surface area (Å²) in [4.78, 5) is 14.9. The van der Waals surface area contributed by atoms with Crippen LogP contribution in [-0.2, 0) is 14.3 Å². The summed E-state index contributed by atoms with van der Waals surface area (Å²) in [6.45, 7) is 0.698. The molecule has 1 fully saturated rings. The number of carbonyl (C=O) groups is 1. The highest BCUT2D eigenvalue weighted by molar-refractivity contribution is 7.08. The first-order chi connectivity index (χ1) is 13.2. The van der Waals surface area contributed by atoms with Gasteiger partial charge in [-0.05, 0) is 54.1 Å². The minimum atomic E-state index is -0.419. The minimum absolute atomic E-state index is 0.0363. The van der Waals surface area contributed by atoms with Crippen LogP contribution in [0.3, 0.4) is 0 Å². The number of thiophene rings is 1. The molecule has 2 atom stereocenters. The topological polar surface area (TPSA) is 59.0 Å². The number of amides is 1. The smallest absolute Gasteiger partial charge is 0.288 e. The number of ether oxygens (including phenoxy) is 2. The van der Waals surface area contributed by atoms with Crippen molar-refractivity contribution in [2.24, 2.45) is 0 Å². The van der Waals surface area contributed by atoms with E-state index < -0.39 is 6.29 Å². The first kappa shape index (κ1) is 20.4. The molecule has 1 aromatic rings. The Kier molecular flexibility index (Phi) is 7.73. The third-order valence-corrected chi connectivity index (χ3v) is 6.24.